The summed E-state index contributed by atoms with van der Waals surface area (Å²) in [5.74, 6) is -0.456. The average Bonchev–Trinajstić information content (AvgIpc) is 3.04. The van der Waals surface area contributed by atoms with Crippen LogP contribution in [0.4, 0.5) is 0 Å². The lowest BCUT2D eigenvalue weighted by Gasteiger charge is -2.09. The van der Waals surface area contributed by atoms with E-state index < -0.39 is 16.0 Å². The Morgan fingerprint density at radius 1 is 1.16 bits per heavy atom. The normalized spacial score (nSPS) is 11.9. The number of aliphatic carboxylic acids is 1. The minimum atomic E-state index is -3.81. The van der Waals surface area contributed by atoms with E-state index >= 15 is 0 Å². The van der Waals surface area contributed by atoms with Crippen LogP contribution in [0.15, 0.2) is 65.7 Å². The van der Waals surface area contributed by atoms with Crippen LogP contribution < -0.4 is 4.74 Å². The number of fused-ring (bicyclic) bond motifs is 1. The van der Waals surface area contributed by atoms with Gasteiger partial charge in [-0.1, -0.05) is 12.1 Å². The fourth-order valence-corrected chi connectivity index (χ4v) is 3.90. The maximum absolute atomic E-state index is 12.9. The maximum atomic E-state index is 12.9. The Morgan fingerprint density at radius 3 is 2.68 bits per heavy atom. The molecule has 128 valence electrons. The van der Waals surface area contributed by atoms with Gasteiger partial charge in [0.15, 0.2) is 0 Å². The van der Waals surface area contributed by atoms with Crippen LogP contribution in [-0.2, 0) is 14.8 Å². The number of rotatable bonds is 5. The molecule has 0 saturated heterocycles. The molecule has 0 bridgehead atoms. The Kier molecular flexibility index (Phi) is 4.33. The molecule has 1 N–H and O–H groups in total. The molecule has 7 heteroatoms. The van der Waals surface area contributed by atoms with Crippen LogP contribution >= 0.6 is 0 Å². The zero-order valence-corrected chi connectivity index (χ0v) is 14.1. The van der Waals surface area contributed by atoms with Gasteiger partial charge in [0.25, 0.3) is 10.0 Å². The number of hydrogen-bond donors (Lipinski definition) is 1. The van der Waals surface area contributed by atoms with Crippen LogP contribution in [0.5, 0.6) is 5.75 Å². The molecule has 2 aromatic carbocycles. The molecule has 0 atom stereocenters. The van der Waals surface area contributed by atoms with Crippen LogP contribution in [0.3, 0.4) is 0 Å². The number of benzene rings is 2. The Bertz CT molecular complexity index is 1080. The smallest absolute Gasteiger partial charge is 0.328 e. The van der Waals surface area contributed by atoms with Crippen molar-refractivity contribution in [1.82, 2.24) is 3.97 Å². The van der Waals surface area contributed by atoms with Gasteiger partial charge in [-0.25, -0.2) is 17.2 Å². The molecule has 0 amide bonds. The van der Waals surface area contributed by atoms with Crippen molar-refractivity contribution in [2.45, 2.75) is 4.90 Å². The van der Waals surface area contributed by atoms with Gasteiger partial charge in [0.05, 0.1) is 17.5 Å². The quantitative estimate of drug-likeness (QED) is 0.710. The summed E-state index contributed by atoms with van der Waals surface area (Å²) in [6.07, 6.45) is 3.79. The van der Waals surface area contributed by atoms with Crippen molar-refractivity contribution < 1.29 is 23.1 Å². The summed E-state index contributed by atoms with van der Waals surface area (Å²) in [5, 5.41) is 9.44. The monoisotopic (exact) mass is 357 g/mol. The molecule has 0 aliphatic heterocycles. The number of ether oxygens (including phenoxy) is 1. The molecule has 3 aromatic rings. The first-order valence-corrected chi connectivity index (χ1v) is 8.77. The second kappa shape index (κ2) is 6.45. The highest BCUT2D eigenvalue weighted by atomic mass is 32.2. The minimum Gasteiger partial charge on any atom is -0.497 e. The molecule has 0 fully saturated rings. The van der Waals surface area contributed by atoms with Crippen LogP contribution in [0.2, 0.25) is 0 Å². The first kappa shape index (κ1) is 16.8. The van der Waals surface area contributed by atoms with E-state index in [0.29, 0.717) is 16.8 Å². The summed E-state index contributed by atoms with van der Waals surface area (Å²) in [4.78, 5) is 10.7. The zero-order chi connectivity index (χ0) is 18.0. The fourth-order valence-electron chi connectivity index (χ4n) is 2.49. The van der Waals surface area contributed by atoms with Gasteiger partial charge in [-0.15, -0.1) is 0 Å². The molecule has 3 rings (SSSR count). The van der Waals surface area contributed by atoms with E-state index in [1.807, 2.05) is 0 Å². The molecular weight excluding hydrogens is 342 g/mol. The first-order valence-electron chi connectivity index (χ1n) is 7.33. The number of hydrogen-bond acceptors (Lipinski definition) is 4. The molecule has 0 saturated carbocycles. The zero-order valence-electron chi connectivity index (χ0n) is 13.3. The van der Waals surface area contributed by atoms with Crippen molar-refractivity contribution >= 4 is 33.0 Å². The largest absolute Gasteiger partial charge is 0.497 e. The SMILES string of the molecule is COc1ccc2c(ccn2S(=O)(=O)c2cccc(/C=C/C(=O)O)c2)c1. The van der Waals surface area contributed by atoms with Crippen molar-refractivity contribution in [2.24, 2.45) is 0 Å². The number of methoxy groups -OCH3 is 1. The van der Waals surface area contributed by atoms with Gasteiger partial charge in [-0.05, 0) is 48.0 Å². The van der Waals surface area contributed by atoms with E-state index in [1.165, 1.54) is 28.4 Å². The van der Waals surface area contributed by atoms with Gasteiger partial charge in [-0.2, -0.15) is 0 Å². The van der Waals surface area contributed by atoms with Gasteiger partial charge in [0.1, 0.15) is 5.75 Å². The van der Waals surface area contributed by atoms with Crippen molar-refractivity contribution in [3.05, 3.63) is 66.4 Å². The third-order valence-electron chi connectivity index (χ3n) is 3.69. The van der Waals surface area contributed by atoms with Crippen LogP contribution in [0.1, 0.15) is 5.56 Å². The summed E-state index contributed by atoms with van der Waals surface area (Å²) >= 11 is 0. The van der Waals surface area contributed by atoms with E-state index in [0.717, 1.165) is 11.5 Å². The fraction of sp³-hybridized carbons (Fsp3) is 0.0556. The van der Waals surface area contributed by atoms with Crippen LogP contribution in [-0.4, -0.2) is 30.6 Å². The second-order valence-corrected chi connectivity index (χ2v) is 7.10. The summed E-state index contributed by atoms with van der Waals surface area (Å²) in [5.41, 5.74) is 1.02. The standard InChI is InChI=1S/C18H15NO5S/c1-24-15-6-7-17-14(12-15)9-10-19(17)25(22,23)16-4-2-3-13(11-16)5-8-18(20)21/h2-12H,1H3,(H,20,21)/b8-5+. The van der Waals surface area contributed by atoms with Gasteiger partial charge in [0, 0.05) is 17.7 Å². The van der Waals surface area contributed by atoms with Crippen molar-refractivity contribution in [3.63, 3.8) is 0 Å². The Hall–Kier alpha value is -3.06. The molecule has 1 heterocycles. The molecule has 6 nitrogen and oxygen atoms in total. The lowest BCUT2D eigenvalue weighted by atomic mass is 10.2. The van der Waals surface area contributed by atoms with Gasteiger partial charge >= 0.3 is 5.97 Å². The topological polar surface area (TPSA) is 85.6 Å². The molecular formula is C18H15NO5S. The van der Waals surface area contributed by atoms with E-state index in [1.54, 1.807) is 43.5 Å². The number of carboxylic acids is 1. The predicted molar refractivity (Wildman–Crippen MR) is 94.2 cm³/mol. The number of carbonyl (C=O) groups is 1. The Morgan fingerprint density at radius 2 is 1.96 bits per heavy atom. The van der Waals surface area contributed by atoms with E-state index in [2.05, 4.69) is 0 Å². The highest BCUT2D eigenvalue weighted by Gasteiger charge is 2.19. The number of carboxylic acid groups (broad SMARTS) is 1. The van der Waals surface area contributed by atoms with E-state index in [4.69, 9.17) is 9.84 Å². The number of aromatic nitrogens is 1. The average molecular weight is 357 g/mol. The maximum Gasteiger partial charge on any atom is 0.328 e. The highest BCUT2D eigenvalue weighted by Crippen LogP contribution is 2.26. The summed E-state index contributed by atoms with van der Waals surface area (Å²) in [6.45, 7) is 0. The van der Waals surface area contributed by atoms with Crippen molar-refractivity contribution in [1.29, 1.82) is 0 Å². The molecule has 1 aromatic heterocycles. The molecule has 25 heavy (non-hydrogen) atoms. The molecule has 0 radical (unpaired) electrons. The highest BCUT2D eigenvalue weighted by molar-refractivity contribution is 7.90. The van der Waals surface area contributed by atoms with Gasteiger partial charge < -0.3 is 9.84 Å². The molecule has 0 unspecified atom stereocenters. The lowest BCUT2D eigenvalue weighted by Crippen LogP contribution is -2.11. The van der Waals surface area contributed by atoms with Gasteiger partial charge in [-0.3, -0.25) is 0 Å². The predicted octanol–water partition coefficient (Wildman–Crippen LogP) is 2.98. The van der Waals surface area contributed by atoms with Gasteiger partial charge in [0.2, 0.25) is 0 Å². The third-order valence-corrected chi connectivity index (χ3v) is 5.38. The van der Waals surface area contributed by atoms with Crippen molar-refractivity contribution in [2.75, 3.05) is 7.11 Å². The number of nitrogens with zero attached hydrogens (tertiary/aromatic N) is 1. The molecule has 0 aliphatic carbocycles. The van der Waals surface area contributed by atoms with E-state index in [-0.39, 0.29) is 4.90 Å². The first-order chi connectivity index (χ1) is 11.9. The van der Waals surface area contributed by atoms with Crippen LogP contribution in [0, 0.1) is 0 Å². The third kappa shape index (κ3) is 3.27. The summed E-state index contributed by atoms with van der Waals surface area (Å²) in [7, 11) is -2.26. The summed E-state index contributed by atoms with van der Waals surface area (Å²) < 4.78 is 32.2. The van der Waals surface area contributed by atoms with E-state index in [9.17, 15) is 13.2 Å². The Balaban J connectivity index is 2.08. The van der Waals surface area contributed by atoms with Crippen LogP contribution in [0.25, 0.3) is 17.0 Å². The van der Waals surface area contributed by atoms with Crippen molar-refractivity contribution in [3.8, 4) is 5.75 Å². The second-order valence-electron chi connectivity index (χ2n) is 5.29. The minimum absolute atomic E-state index is 0.0772. The Labute approximate surface area is 144 Å². The summed E-state index contributed by atoms with van der Waals surface area (Å²) in [6, 6.07) is 12.9. The lowest BCUT2D eigenvalue weighted by molar-refractivity contribution is -0.131. The molecule has 0 spiro atoms. The molecule has 0 aliphatic rings.